The molecule has 1 fully saturated rings. The van der Waals surface area contributed by atoms with Gasteiger partial charge in [0.05, 0.1) is 0 Å². The van der Waals surface area contributed by atoms with Gasteiger partial charge in [-0.25, -0.2) is 15.0 Å². The largest absolute Gasteiger partial charge is 0.309 e. The van der Waals surface area contributed by atoms with Crippen LogP contribution in [0, 0.1) is 0 Å². The molecule has 26 heavy (non-hydrogen) atoms. The van der Waals surface area contributed by atoms with Gasteiger partial charge >= 0.3 is 0 Å². The molecule has 1 saturated heterocycles. The number of pyridine rings is 2. The summed E-state index contributed by atoms with van der Waals surface area (Å²) in [6.07, 6.45) is 12.8. The summed E-state index contributed by atoms with van der Waals surface area (Å²) in [4.78, 5) is 19.6. The first kappa shape index (κ1) is 16.6. The van der Waals surface area contributed by atoms with Crippen LogP contribution in [0.4, 0.5) is 11.8 Å². The van der Waals surface area contributed by atoms with Crippen molar-refractivity contribution >= 4 is 11.8 Å². The Morgan fingerprint density at radius 2 is 1.81 bits per heavy atom. The monoisotopic (exact) mass is 346 g/mol. The summed E-state index contributed by atoms with van der Waals surface area (Å²) in [5.74, 6) is 1.32. The Morgan fingerprint density at radius 3 is 2.58 bits per heavy atom. The second-order valence-electron chi connectivity index (χ2n) is 6.51. The van der Waals surface area contributed by atoms with E-state index in [0.717, 1.165) is 18.9 Å². The molecule has 4 rings (SSSR count). The molecule has 1 unspecified atom stereocenters. The number of likely N-dealkylation sites (tertiary alicyclic amines) is 1. The van der Waals surface area contributed by atoms with Crippen LogP contribution in [0.3, 0.4) is 0 Å². The Kier molecular flexibility index (Phi) is 5.12. The third-order valence-corrected chi connectivity index (χ3v) is 4.73. The van der Waals surface area contributed by atoms with E-state index in [9.17, 15) is 0 Å². The number of nitrogens with zero attached hydrogens (tertiary/aromatic N) is 5. The van der Waals surface area contributed by atoms with Gasteiger partial charge in [-0.05, 0) is 54.8 Å². The smallest absolute Gasteiger partial charge is 0.228 e. The first-order chi connectivity index (χ1) is 12.9. The maximum atomic E-state index is 4.56. The highest BCUT2D eigenvalue weighted by molar-refractivity contribution is 5.47. The number of anilines is 2. The van der Waals surface area contributed by atoms with Gasteiger partial charge in [-0.15, -0.1) is 0 Å². The molecule has 0 radical (unpaired) electrons. The molecule has 1 N–H and O–H groups in total. The Hall–Kier alpha value is -2.86. The molecule has 0 aromatic carbocycles. The second-order valence-corrected chi connectivity index (χ2v) is 6.51. The van der Waals surface area contributed by atoms with E-state index in [1.807, 2.05) is 24.7 Å². The van der Waals surface area contributed by atoms with Crippen LogP contribution >= 0.6 is 0 Å². The number of aromatic nitrogens is 4. The van der Waals surface area contributed by atoms with E-state index in [1.165, 1.54) is 30.4 Å². The topological polar surface area (TPSA) is 66.8 Å². The molecule has 132 valence electrons. The van der Waals surface area contributed by atoms with E-state index < -0.39 is 0 Å². The van der Waals surface area contributed by atoms with Crippen LogP contribution in [-0.2, 0) is 6.54 Å². The molecule has 0 aliphatic carbocycles. The minimum absolute atomic E-state index is 0.409. The molecular weight excluding hydrogens is 324 g/mol. The lowest BCUT2D eigenvalue weighted by atomic mass is 9.96. The zero-order chi connectivity index (χ0) is 17.6. The minimum atomic E-state index is 0.409. The minimum Gasteiger partial charge on any atom is -0.309 e. The van der Waals surface area contributed by atoms with Gasteiger partial charge in [0.15, 0.2) is 0 Å². The molecule has 0 saturated carbocycles. The molecule has 6 nitrogen and oxygen atoms in total. The van der Waals surface area contributed by atoms with E-state index in [0.29, 0.717) is 12.0 Å². The summed E-state index contributed by atoms with van der Waals surface area (Å²) >= 11 is 0. The van der Waals surface area contributed by atoms with Gasteiger partial charge in [0.2, 0.25) is 5.95 Å². The van der Waals surface area contributed by atoms with Crippen molar-refractivity contribution in [3.05, 3.63) is 72.4 Å². The summed E-state index contributed by atoms with van der Waals surface area (Å²) in [5, 5.41) is 3.13. The number of piperidine rings is 1. The van der Waals surface area contributed by atoms with Crippen LogP contribution in [-0.4, -0.2) is 31.4 Å². The fourth-order valence-corrected chi connectivity index (χ4v) is 3.43. The molecule has 3 aromatic heterocycles. The van der Waals surface area contributed by atoms with E-state index in [2.05, 4.69) is 48.4 Å². The molecule has 0 bridgehead atoms. The molecular formula is C20H22N6. The lowest BCUT2D eigenvalue weighted by molar-refractivity contribution is 0.140. The number of rotatable bonds is 5. The Labute approximate surface area is 153 Å². The van der Waals surface area contributed by atoms with Crippen molar-refractivity contribution in [3.63, 3.8) is 0 Å². The maximum Gasteiger partial charge on any atom is 0.228 e. The molecule has 1 atom stereocenters. The Bertz CT molecular complexity index is 807. The summed E-state index contributed by atoms with van der Waals surface area (Å²) < 4.78 is 0. The van der Waals surface area contributed by atoms with Crippen molar-refractivity contribution in [1.82, 2.24) is 24.8 Å². The van der Waals surface area contributed by atoms with Crippen molar-refractivity contribution in [3.8, 4) is 0 Å². The molecule has 3 aromatic rings. The second kappa shape index (κ2) is 8.01. The van der Waals surface area contributed by atoms with Gasteiger partial charge in [-0.1, -0.05) is 12.5 Å². The first-order valence-corrected chi connectivity index (χ1v) is 9.01. The molecule has 0 amide bonds. The van der Waals surface area contributed by atoms with Gasteiger partial charge in [-0.3, -0.25) is 9.88 Å². The standard InChI is InChI=1S/C20H22N6/c1-2-13-26(15-16-7-11-21-12-8-16)18(4-1)17-5-6-19(24-14-17)25-20-22-9-3-10-23-20/h3,5-12,14,18H,1-2,4,13,15H2,(H,22,23,24,25). The highest BCUT2D eigenvalue weighted by Gasteiger charge is 2.24. The number of hydrogen-bond acceptors (Lipinski definition) is 6. The van der Waals surface area contributed by atoms with E-state index in [-0.39, 0.29) is 0 Å². The van der Waals surface area contributed by atoms with Crippen LogP contribution < -0.4 is 5.32 Å². The van der Waals surface area contributed by atoms with Gasteiger partial charge in [-0.2, -0.15) is 0 Å². The van der Waals surface area contributed by atoms with Crippen LogP contribution in [0.1, 0.15) is 36.4 Å². The fourth-order valence-electron chi connectivity index (χ4n) is 3.43. The van der Waals surface area contributed by atoms with Gasteiger partial charge in [0.1, 0.15) is 5.82 Å². The van der Waals surface area contributed by atoms with E-state index in [1.54, 1.807) is 18.5 Å². The summed E-state index contributed by atoms with van der Waals surface area (Å²) in [6, 6.07) is 10.6. The third kappa shape index (κ3) is 4.03. The molecule has 6 heteroatoms. The third-order valence-electron chi connectivity index (χ3n) is 4.73. The van der Waals surface area contributed by atoms with Crippen molar-refractivity contribution in [2.75, 3.05) is 11.9 Å². The van der Waals surface area contributed by atoms with Crippen LogP contribution in [0.5, 0.6) is 0 Å². The molecule has 1 aliphatic heterocycles. The van der Waals surface area contributed by atoms with Crippen molar-refractivity contribution in [2.45, 2.75) is 31.8 Å². The number of hydrogen-bond donors (Lipinski definition) is 1. The number of nitrogens with one attached hydrogen (secondary N) is 1. The average Bonchev–Trinajstić information content (AvgIpc) is 2.71. The van der Waals surface area contributed by atoms with Crippen molar-refractivity contribution in [1.29, 1.82) is 0 Å². The van der Waals surface area contributed by atoms with Crippen molar-refractivity contribution in [2.24, 2.45) is 0 Å². The predicted molar refractivity (Wildman–Crippen MR) is 101 cm³/mol. The summed E-state index contributed by atoms with van der Waals surface area (Å²) in [6.45, 7) is 2.07. The molecule has 1 aliphatic rings. The maximum absolute atomic E-state index is 4.56. The fraction of sp³-hybridized carbons (Fsp3) is 0.300. The average molecular weight is 346 g/mol. The highest BCUT2D eigenvalue weighted by Crippen LogP contribution is 2.32. The van der Waals surface area contributed by atoms with E-state index >= 15 is 0 Å². The highest BCUT2D eigenvalue weighted by atomic mass is 15.2. The summed E-state index contributed by atoms with van der Waals surface area (Å²) in [7, 11) is 0. The van der Waals surface area contributed by atoms with Gasteiger partial charge < -0.3 is 5.32 Å². The summed E-state index contributed by atoms with van der Waals surface area (Å²) in [5.41, 5.74) is 2.57. The predicted octanol–water partition coefficient (Wildman–Crippen LogP) is 3.74. The van der Waals surface area contributed by atoms with E-state index in [4.69, 9.17) is 0 Å². The first-order valence-electron chi connectivity index (χ1n) is 9.01. The molecule has 0 spiro atoms. The zero-order valence-corrected chi connectivity index (χ0v) is 14.6. The Balaban J connectivity index is 1.47. The lowest BCUT2D eigenvalue weighted by Crippen LogP contribution is -2.33. The van der Waals surface area contributed by atoms with Gasteiger partial charge in [0.25, 0.3) is 0 Å². The molecule has 4 heterocycles. The zero-order valence-electron chi connectivity index (χ0n) is 14.6. The quantitative estimate of drug-likeness (QED) is 0.759. The van der Waals surface area contributed by atoms with Gasteiger partial charge in [0, 0.05) is 43.6 Å². The normalized spacial score (nSPS) is 17.8. The SMILES string of the molecule is c1cnc(Nc2ccc(C3CCCCN3Cc3ccncc3)cn2)nc1. The van der Waals surface area contributed by atoms with Crippen LogP contribution in [0.15, 0.2) is 61.3 Å². The lowest BCUT2D eigenvalue weighted by Gasteiger charge is -2.36. The Morgan fingerprint density at radius 1 is 0.962 bits per heavy atom. The van der Waals surface area contributed by atoms with Crippen LogP contribution in [0.25, 0.3) is 0 Å². The van der Waals surface area contributed by atoms with Crippen molar-refractivity contribution < 1.29 is 0 Å². The van der Waals surface area contributed by atoms with Crippen LogP contribution in [0.2, 0.25) is 0 Å².